The summed E-state index contributed by atoms with van der Waals surface area (Å²) in [7, 11) is 0. The second kappa shape index (κ2) is 6.29. The van der Waals surface area contributed by atoms with E-state index < -0.39 is 11.7 Å². The number of nitrogen functional groups attached to an aromatic ring is 1. The van der Waals surface area contributed by atoms with Crippen LogP contribution in [-0.2, 0) is 4.74 Å². The standard InChI is InChI=1S/C15H23ClN2O2/c1-3-20-15(6-4-10(2)5-7-15)13(19)12-8-11(16)9-18-14(12)17/h8-10,13,19H,3-7H2,1-2H3,(H2,17,18). The van der Waals surface area contributed by atoms with Gasteiger partial charge in [0.25, 0.3) is 0 Å². The van der Waals surface area contributed by atoms with Gasteiger partial charge in [-0.05, 0) is 44.6 Å². The van der Waals surface area contributed by atoms with E-state index in [9.17, 15) is 5.11 Å². The van der Waals surface area contributed by atoms with Crippen LogP contribution in [0.25, 0.3) is 0 Å². The summed E-state index contributed by atoms with van der Waals surface area (Å²) in [5.74, 6) is 0.991. The first-order chi connectivity index (χ1) is 9.48. The van der Waals surface area contributed by atoms with Crippen molar-refractivity contribution in [1.82, 2.24) is 4.98 Å². The predicted octanol–water partition coefficient (Wildman–Crippen LogP) is 3.34. The first kappa shape index (κ1) is 15.5. The van der Waals surface area contributed by atoms with Gasteiger partial charge in [0.2, 0.25) is 0 Å². The van der Waals surface area contributed by atoms with E-state index >= 15 is 0 Å². The highest BCUT2D eigenvalue weighted by molar-refractivity contribution is 6.30. The van der Waals surface area contributed by atoms with E-state index in [0.29, 0.717) is 28.9 Å². The van der Waals surface area contributed by atoms with Gasteiger partial charge in [0.1, 0.15) is 11.9 Å². The SMILES string of the molecule is CCOC1(C(O)c2cc(Cl)cnc2N)CCC(C)CC1. The van der Waals surface area contributed by atoms with Crippen LogP contribution in [-0.4, -0.2) is 22.3 Å². The van der Waals surface area contributed by atoms with Crippen molar-refractivity contribution in [2.45, 2.75) is 51.2 Å². The fraction of sp³-hybridized carbons (Fsp3) is 0.667. The minimum Gasteiger partial charge on any atom is -0.385 e. The van der Waals surface area contributed by atoms with E-state index in [1.807, 2.05) is 6.92 Å². The highest BCUT2D eigenvalue weighted by Gasteiger charge is 2.43. The van der Waals surface area contributed by atoms with Gasteiger partial charge in [0.15, 0.2) is 0 Å². The molecule has 0 aromatic carbocycles. The lowest BCUT2D eigenvalue weighted by molar-refractivity contribution is -0.146. The van der Waals surface area contributed by atoms with E-state index in [-0.39, 0.29) is 0 Å². The fourth-order valence-electron chi connectivity index (χ4n) is 3.00. The van der Waals surface area contributed by atoms with Gasteiger partial charge in [0.05, 0.1) is 10.6 Å². The molecule has 1 aliphatic rings. The first-order valence-electron chi connectivity index (χ1n) is 7.21. The average molecular weight is 299 g/mol. The molecule has 4 nitrogen and oxygen atoms in total. The van der Waals surface area contributed by atoms with Crippen molar-refractivity contribution >= 4 is 17.4 Å². The number of halogens is 1. The Morgan fingerprint density at radius 1 is 1.55 bits per heavy atom. The maximum absolute atomic E-state index is 10.8. The van der Waals surface area contributed by atoms with Crippen molar-refractivity contribution in [3.05, 3.63) is 22.8 Å². The summed E-state index contributed by atoms with van der Waals surface area (Å²) in [4.78, 5) is 4.03. The lowest BCUT2D eigenvalue weighted by Gasteiger charge is -2.42. The van der Waals surface area contributed by atoms with E-state index in [2.05, 4.69) is 11.9 Å². The highest BCUT2D eigenvalue weighted by atomic mass is 35.5. The Hall–Kier alpha value is -0.840. The van der Waals surface area contributed by atoms with Crippen LogP contribution in [0.3, 0.4) is 0 Å². The molecule has 1 aromatic heterocycles. The predicted molar refractivity (Wildman–Crippen MR) is 80.6 cm³/mol. The van der Waals surface area contributed by atoms with Crippen molar-refractivity contribution < 1.29 is 9.84 Å². The van der Waals surface area contributed by atoms with E-state index in [1.54, 1.807) is 6.07 Å². The third kappa shape index (κ3) is 3.08. The van der Waals surface area contributed by atoms with Crippen LogP contribution in [0.4, 0.5) is 5.82 Å². The topological polar surface area (TPSA) is 68.4 Å². The maximum Gasteiger partial charge on any atom is 0.129 e. The van der Waals surface area contributed by atoms with E-state index in [0.717, 1.165) is 25.7 Å². The molecule has 0 spiro atoms. The molecule has 2 rings (SSSR count). The smallest absolute Gasteiger partial charge is 0.129 e. The Morgan fingerprint density at radius 3 is 2.80 bits per heavy atom. The van der Waals surface area contributed by atoms with Crippen LogP contribution in [0.15, 0.2) is 12.3 Å². The Kier molecular flexibility index (Phi) is 4.89. The Balaban J connectivity index is 2.31. The van der Waals surface area contributed by atoms with Gasteiger partial charge in [-0.1, -0.05) is 18.5 Å². The summed E-state index contributed by atoms with van der Waals surface area (Å²) in [6.07, 6.45) is 4.45. The van der Waals surface area contributed by atoms with Crippen LogP contribution in [0.2, 0.25) is 5.02 Å². The van der Waals surface area contributed by atoms with Gasteiger partial charge in [-0.3, -0.25) is 0 Å². The number of hydrogen-bond donors (Lipinski definition) is 2. The molecule has 1 atom stereocenters. The zero-order valence-electron chi connectivity index (χ0n) is 12.1. The molecule has 0 saturated heterocycles. The molecule has 1 heterocycles. The second-order valence-electron chi connectivity index (χ2n) is 5.71. The third-order valence-electron chi connectivity index (χ3n) is 4.26. The van der Waals surface area contributed by atoms with E-state index in [4.69, 9.17) is 22.1 Å². The summed E-state index contributed by atoms with van der Waals surface area (Å²) < 4.78 is 5.95. The summed E-state index contributed by atoms with van der Waals surface area (Å²) in [6.45, 7) is 4.75. The number of anilines is 1. The molecule has 0 amide bonds. The van der Waals surface area contributed by atoms with Gasteiger partial charge < -0.3 is 15.6 Å². The largest absolute Gasteiger partial charge is 0.385 e. The summed E-state index contributed by atoms with van der Waals surface area (Å²) in [6, 6.07) is 1.69. The van der Waals surface area contributed by atoms with Crippen LogP contribution in [0, 0.1) is 5.92 Å². The number of hydrogen-bond acceptors (Lipinski definition) is 4. The molecule has 112 valence electrons. The highest BCUT2D eigenvalue weighted by Crippen LogP contribution is 2.44. The van der Waals surface area contributed by atoms with Crippen molar-refractivity contribution in [1.29, 1.82) is 0 Å². The molecule has 20 heavy (non-hydrogen) atoms. The second-order valence-corrected chi connectivity index (χ2v) is 6.15. The van der Waals surface area contributed by atoms with Gasteiger partial charge in [-0.25, -0.2) is 4.98 Å². The first-order valence-corrected chi connectivity index (χ1v) is 7.59. The van der Waals surface area contributed by atoms with Crippen LogP contribution in [0.1, 0.15) is 51.2 Å². The van der Waals surface area contributed by atoms with Gasteiger partial charge >= 0.3 is 0 Å². The van der Waals surface area contributed by atoms with Crippen molar-refractivity contribution in [2.75, 3.05) is 12.3 Å². The number of nitrogens with two attached hydrogens (primary N) is 1. The zero-order valence-corrected chi connectivity index (χ0v) is 12.9. The number of aliphatic hydroxyl groups is 1. The molecular formula is C15H23ClN2O2. The Labute approximate surface area is 125 Å². The molecule has 3 N–H and O–H groups in total. The summed E-state index contributed by atoms with van der Waals surface area (Å²) >= 11 is 5.98. The van der Waals surface area contributed by atoms with Crippen LogP contribution >= 0.6 is 11.6 Å². The van der Waals surface area contributed by atoms with Crippen LogP contribution in [0.5, 0.6) is 0 Å². The van der Waals surface area contributed by atoms with Crippen molar-refractivity contribution in [2.24, 2.45) is 5.92 Å². The van der Waals surface area contributed by atoms with Crippen molar-refractivity contribution in [3.63, 3.8) is 0 Å². The monoisotopic (exact) mass is 298 g/mol. The quantitative estimate of drug-likeness (QED) is 0.894. The Morgan fingerprint density at radius 2 is 2.20 bits per heavy atom. The lowest BCUT2D eigenvalue weighted by atomic mass is 9.74. The zero-order chi connectivity index (χ0) is 14.8. The Bertz CT molecular complexity index is 459. The maximum atomic E-state index is 10.8. The van der Waals surface area contributed by atoms with E-state index in [1.165, 1.54) is 6.20 Å². The number of pyridine rings is 1. The number of aliphatic hydroxyl groups excluding tert-OH is 1. The minimum atomic E-state index is -0.791. The number of ether oxygens (including phenoxy) is 1. The normalized spacial score (nSPS) is 28.3. The molecular weight excluding hydrogens is 276 g/mol. The lowest BCUT2D eigenvalue weighted by Crippen LogP contribution is -2.43. The fourth-order valence-corrected chi connectivity index (χ4v) is 3.17. The molecule has 1 unspecified atom stereocenters. The average Bonchev–Trinajstić information content (AvgIpc) is 2.44. The van der Waals surface area contributed by atoms with Gasteiger partial charge in [0, 0.05) is 18.4 Å². The van der Waals surface area contributed by atoms with Crippen LogP contribution < -0.4 is 5.73 Å². The number of aromatic nitrogens is 1. The minimum absolute atomic E-state index is 0.319. The van der Waals surface area contributed by atoms with Crippen molar-refractivity contribution in [3.8, 4) is 0 Å². The summed E-state index contributed by atoms with van der Waals surface area (Å²) in [5, 5.41) is 11.3. The molecule has 1 aliphatic carbocycles. The van der Waals surface area contributed by atoms with Gasteiger partial charge in [-0.15, -0.1) is 0 Å². The summed E-state index contributed by atoms with van der Waals surface area (Å²) in [5.41, 5.74) is 5.90. The number of rotatable bonds is 4. The molecule has 0 bridgehead atoms. The third-order valence-corrected chi connectivity index (χ3v) is 4.47. The molecule has 1 fully saturated rings. The molecule has 1 aromatic rings. The molecule has 5 heteroatoms. The van der Waals surface area contributed by atoms with Gasteiger partial charge in [-0.2, -0.15) is 0 Å². The molecule has 0 aliphatic heterocycles. The molecule has 0 radical (unpaired) electrons. The number of nitrogens with zero attached hydrogens (tertiary/aromatic N) is 1. The molecule has 1 saturated carbocycles.